The summed E-state index contributed by atoms with van der Waals surface area (Å²) in [6, 6.07) is 19.0. The van der Waals surface area contributed by atoms with Crippen molar-refractivity contribution < 1.29 is 4.79 Å². The van der Waals surface area contributed by atoms with E-state index in [1.165, 1.54) is 6.08 Å². The van der Waals surface area contributed by atoms with Crippen molar-refractivity contribution in [3.05, 3.63) is 77.4 Å². The maximum atomic E-state index is 11.7. The van der Waals surface area contributed by atoms with E-state index >= 15 is 0 Å². The van der Waals surface area contributed by atoms with Crippen molar-refractivity contribution in [2.75, 3.05) is 0 Å². The van der Waals surface area contributed by atoms with Gasteiger partial charge in [0.1, 0.15) is 0 Å². The van der Waals surface area contributed by atoms with E-state index < -0.39 is 0 Å². The molecule has 0 radical (unpaired) electrons. The molecule has 0 atom stereocenters. The molecule has 2 aromatic rings. The number of hydrogen-bond donors (Lipinski definition) is 1. The molecule has 0 heterocycles. The van der Waals surface area contributed by atoms with Gasteiger partial charge in [0.25, 0.3) is 0 Å². The largest absolute Gasteiger partial charge is 0.348 e. The maximum absolute atomic E-state index is 11.7. The second kappa shape index (κ2) is 6.91. The van der Waals surface area contributed by atoms with E-state index in [-0.39, 0.29) is 5.91 Å². The van der Waals surface area contributed by atoms with Crippen molar-refractivity contribution in [3.63, 3.8) is 0 Å². The molecule has 0 aliphatic heterocycles. The molecular formula is C17H14N2O. The molecular weight excluding hydrogens is 248 g/mol. The van der Waals surface area contributed by atoms with E-state index in [9.17, 15) is 4.79 Å². The van der Waals surface area contributed by atoms with Crippen LogP contribution in [-0.2, 0) is 11.3 Å². The highest BCUT2D eigenvalue weighted by Gasteiger charge is 1.99. The summed E-state index contributed by atoms with van der Waals surface area (Å²) in [5.41, 5.74) is 2.34. The highest BCUT2D eigenvalue weighted by molar-refractivity contribution is 5.92. The van der Waals surface area contributed by atoms with Gasteiger partial charge in [0, 0.05) is 12.6 Å². The maximum Gasteiger partial charge on any atom is 0.244 e. The third-order valence-electron chi connectivity index (χ3n) is 2.81. The van der Waals surface area contributed by atoms with Gasteiger partial charge in [0.2, 0.25) is 5.91 Å². The first kappa shape index (κ1) is 13.6. The zero-order valence-corrected chi connectivity index (χ0v) is 10.9. The molecule has 0 aliphatic carbocycles. The number of carbonyl (C=O) groups is 1. The monoisotopic (exact) mass is 262 g/mol. The fraction of sp³-hybridized carbons (Fsp3) is 0.0588. The molecule has 3 nitrogen and oxygen atoms in total. The van der Waals surface area contributed by atoms with Crippen LogP contribution in [0.1, 0.15) is 16.7 Å². The molecule has 1 amide bonds. The normalized spacial score (nSPS) is 10.2. The zero-order chi connectivity index (χ0) is 14.2. The molecule has 2 rings (SSSR count). The first-order valence-corrected chi connectivity index (χ1v) is 6.28. The molecule has 0 bridgehead atoms. The third kappa shape index (κ3) is 3.82. The Balaban J connectivity index is 1.95. The number of nitrogens with zero attached hydrogens (tertiary/aromatic N) is 1. The highest BCUT2D eigenvalue weighted by Crippen LogP contribution is 2.08. The Kier molecular flexibility index (Phi) is 4.69. The lowest BCUT2D eigenvalue weighted by molar-refractivity contribution is -0.116. The number of rotatable bonds is 4. The Morgan fingerprint density at radius 3 is 2.55 bits per heavy atom. The molecule has 3 heteroatoms. The smallest absolute Gasteiger partial charge is 0.244 e. The first-order chi connectivity index (χ1) is 9.79. The van der Waals surface area contributed by atoms with Gasteiger partial charge in [-0.05, 0) is 23.3 Å². The Hall–Kier alpha value is -2.86. The minimum absolute atomic E-state index is 0.179. The second-order valence-corrected chi connectivity index (χ2v) is 4.24. The molecule has 0 saturated heterocycles. The fourth-order valence-corrected chi connectivity index (χ4v) is 1.75. The van der Waals surface area contributed by atoms with Gasteiger partial charge < -0.3 is 5.32 Å². The van der Waals surface area contributed by atoms with Crippen LogP contribution >= 0.6 is 0 Å². The fourth-order valence-electron chi connectivity index (χ4n) is 1.75. The third-order valence-corrected chi connectivity index (χ3v) is 2.81. The van der Waals surface area contributed by atoms with Crippen molar-refractivity contribution in [1.82, 2.24) is 5.32 Å². The molecule has 1 N–H and O–H groups in total. The summed E-state index contributed by atoms with van der Waals surface area (Å²) in [4.78, 5) is 11.7. The lowest BCUT2D eigenvalue weighted by Crippen LogP contribution is -2.20. The van der Waals surface area contributed by atoms with E-state index in [0.29, 0.717) is 12.1 Å². The van der Waals surface area contributed by atoms with Crippen LogP contribution in [0.15, 0.2) is 60.7 Å². The lowest BCUT2D eigenvalue weighted by atomic mass is 10.1. The van der Waals surface area contributed by atoms with E-state index in [0.717, 1.165) is 11.1 Å². The molecule has 0 unspecified atom stereocenters. The molecule has 98 valence electrons. The number of nitriles is 1. The quantitative estimate of drug-likeness (QED) is 0.861. The van der Waals surface area contributed by atoms with Gasteiger partial charge in [0.15, 0.2) is 0 Å². The Labute approximate surface area is 118 Å². The number of amides is 1. The summed E-state index contributed by atoms with van der Waals surface area (Å²) in [6.07, 6.45) is 3.10. The second-order valence-electron chi connectivity index (χ2n) is 4.24. The predicted octanol–water partition coefficient (Wildman–Crippen LogP) is 2.89. The van der Waals surface area contributed by atoms with Crippen LogP contribution in [0.3, 0.4) is 0 Å². The van der Waals surface area contributed by atoms with Gasteiger partial charge in [0.05, 0.1) is 11.6 Å². The van der Waals surface area contributed by atoms with Crippen molar-refractivity contribution in [2.24, 2.45) is 0 Å². The summed E-state index contributed by atoms with van der Waals surface area (Å²) in [7, 11) is 0. The zero-order valence-electron chi connectivity index (χ0n) is 10.9. The first-order valence-electron chi connectivity index (χ1n) is 6.28. The van der Waals surface area contributed by atoms with Crippen molar-refractivity contribution in [1.29, 1.82) is 5.26 Å². The van der Waals surface area contributed by atoms with Crippen LogP contribution in [0.2, 0.25) is 0 Å². The van der Waals surface area contributed by atoms with Crippen LogP contribution in [0.5, 0.6) is 0 Å². The number of hydrogen-bond acceptors (Lipinski definition) is 2. The number of carbonyl (C=O) groups excluding carboxylic acids is 1. The van der Waals surface area contributed by atoms with E-state index in [4.69, 9.17) is 5.26 Å². The van der Waals surface area contributed by atoms with Gasteiger partial charge in [-0.25, -0.2) is 0 Å². The summed E-state index contributed by atoms with van der Waals surface area (Å²) < 4.78 is 0. The summed E-state index contributed by atoms with van der Waals surface area (Å²) in [5, 5.41) is 11.7. The molecule has 0 spiro atoms. The average Bonchev–Trinajstić information content (AvgIpc) is 2.52. The molecule has 0 saturated carbocycles. The SMILES string of the molecule is N#Cc1ccccc1/C=C/C(=O)NCc1ccccc1. The van der Waals surface area contributed by atoms with Crippen LogP contribution in [0, 0.1) is 11.3 Å². The molecule has 0 aromatic heterocycles. The van der Waals surface area contributed by atoms with Crippen LogP contribution in [-0.4, -0.2) is 5.91 Å². The molecule has 0 aliphatic rings. The van der Waals surface area contributed by atoms with E-state index in [2.05, 4.69) is 11.4 Å². The summed E-state index contributed by atoms with van der Waals surface area (Å²) in [6.45, 7) is 0.490. The van der Waals surface area contributed by atoms with E-state index in [1.54, 1.807) is 24.3 Å². The van der Waals surface area contributed by atoms with E-state index in [1.807, 2.05) is 36.4 Å². The topological polar surface area (TPSA) is 52.9 Å². The minimum atomic E-state index is -0.179. The van der Waals surface area contributed by atoms with Crippen molar-refractivity contribution >= 4 is 12.0 Å². The average molecular weight is 262 g/mol. The van der Waals surface area contributed by atoms with Crippen LogP contribution in [0.25, 0.3) is 6.08 Å². The standard InChI is InChI=1S/C17H14N2O/c18-12-16-9-5-4-8-15(16)10-11-17(20)19-13-14-6-2-1-3-7-14/h1-11H,13H2,(H,19,20)/b11-10+. The van der Waals surface area contributed by atoms with Crippen LogP contribution in [0.4, 0.5) is 0 Å². The van der Waals surface area contributed by atoms with Gasteiger partial charge in [-0.3, -0.25) is 4.79 Å². The number of benzene rings is 2. The lowest BCUT2D eigenvalue weighted by Gasteiger charge is -2.02. The van der Waals surface area contributed by atoms with Gasteiger partial charge in [-0.1, -0.05) is 48.5 Å². The van der Waals surface area contributed by atoms with Crippen molar-refractivity contribution in [3.8, 4) is 6.07 Å². The predicted molar refractivity (Wildman–Crippen MR) is 78.5 cm³/mol. The Bertz CT molecular complexity index is 654. The summed E-state index contributed by atoms with van der Waals surface area (Å²) >= 11 is 0. The summed E-state index contributed by atoms with van der Waals surface area (Å²) in [5.74, 6) is -0.179. The Morgan fingerprint density at radius 2 is 1.80 bits per heavy atom. The van der Waals surface area contributed by atoms with Crippen LogP contribution < -0.4 is 5.32 Å². The minimum Gasteiger partial charge on any atom is -0.348 e. The van der Waals surface area contributed by atoms with Gasteiger partial charge in [-0.15, -0.1) is 0 Å². The molecule has 0 fully saturated rings. The molecule has 2 aromatic carbocycles. The highest BCUT2D eigenvalue weighted by atomic mass is 16.1. The molecule has 20 heavy (non-hydrogen) atoms. The number of nitrogens with one attached hydrogen (secondary N) is 1. The van der Waals surface area contributed by atoms with Gasteiger partial charge >= 0.3 is 0 Å². The van der Waals surface area contributed by atoms with Crippen molar-refractivity contribution in [2.45, 2.75) is 6.54 Å². The Morgan fingerprint density at radius 1 is 1.10 bits per heavy atom. The van der Waals surface area contributed by atoms with Gasteiger partial charge in [-0.2, -0.15) is 5.26 Å².